The molecule has 0 aliphatic carbocycles. The number of cyclic esters (lactones) is 1. The molecule has 0 atom stereocenters. The van der Waals surface area contributed by atoms with Crippen LogP contribution in [0.5, 0.6) is 5.75 Å². The Kier molecular flexibility index (Phi) is 4.99. The lowest BCUT2D eigenvalue weighted by atomic mass is 10.1. The number of aliphatic imine (C=N–C) groups is 1. The van der Waals surface area contributed by atoms with E-state index in [0.29, 0.717) is 17.9 Å². The van der Waals surface area contributed by atoms with E-state index in [0.717, 1.165) is 0 Å². The number of para-hydroxylation sites is 1. The lowest BCUT2D eigenvalue weighted by molar-refractivity contribution is -0.384. The van der Waals surface area contributed by atoms with Gasteiger partial charge in [-0.3, -0.25) is 10.1 Å². The van der Waals surface area contributed by atoms with Crippen LogP contribution in [0.15, 0.2) is 53.2 Å². The molecule has 2 aromatic rings. The van der Waals surface area contributed by atoms with E-state index in [-0.39, 0.29) is 27.9 Å². The van der Waals surface area contributed by atoms with Gasteiger partial charge in [0.05, 0.1) is 11.5 Å². The van der Waals surface area contributed by atoms with Crippen LogP contribution in [0.1, 0.15) is 18.1 Å². The largest absolute Gasteiger partial charge is 0.493 e. The minimum Gasteiger partial charge on any atom is -0.493 e. The highest BCUT2D eigenvalue weighted by atomic mass is 35.5. The van der Waals surface area contributed by atoms with Crippen LogP contribution in [0.2, 0.25) is 5.02 Å². The fourth-order valence-electron chi connectivity index (χ4n) is 2.35. The van der Waals surface area contributed by atoms with Crippen molar-refractivity contribution in [2.75, 3.05) is 6.61 Å². The van der Waals surface area contributed by atoms with Crippen molar-refractivity contribution in [3.05, 3.63) is 74.4 Å². The van der Waals surface area contributed by atoms with Gasteiger partial charge in [0.25, 0.3) is 5.69 Å². The number of nitrogens with zero attached hydrogens (tertiary/aromatic N) is 2. The van der Waals surface area contributed by atoms with Crippen LogP contribution >= 0.6 is 11.6 Å². The second-order valence-electron chi connectivity index (χ2n) is 5.23. The van der Waals surface area contributed by atoms with Gasteiger partial charge < -0.3 is 9.47 Å². The van der Waals surface area contributed by atoms with E-state index in [2.05, 4.69) is 4.99 Å². The average molecular weight is 373 g/mol. The van der Waals surface area contributed by atoms with Crippen LogP contribution in [-0.4, -0.2) is 23.4 Å². The molecule has 0 saturated heterocycles. The number of rotatable bonds is 5. The van der Waals surface area contributed by atoms with Crippen LogP contribution < -0.4 is 4.74 Å². The maximum absolute atomic E-state index is 12.1. The van der Waals surface area contributed by atoms with Gasteiger partial charge in [-0.2, -0.15) is 0 Å². The monoisotopic (exact) mass is 372 g/mol. The Bertz CT molecular complexity index is 952. The molecule has 1 aliphatic heterocycles. The molecule has 0 N–H and O–H groups in total. The molecule has 2 aromatic carbocycles. The van der Waals surface area contributed by atoms with Crippen molar-refractivity contribution in [2.45, 2.75) is 6.92 Å². The Morgan fingerprint density at radius 2 is 2.08 bits per heavy atom. The molecule has 0 radical (unpaired) electrons. The van der Waals surface area contributed by atoms with Crippen LogP contribution in [0.4, 0.5) is 5.69 Å². The lowest BCUT2D eigenvalue weighted by Gasteiger charge is -2.06. The average Bonchev–Trinajstić information content (AvgIpc) is 2.98. The Morgan fingerprint density at radius 3 is 2.81 bits per heavy atom. The SMILES string of the molecule is CCOc1ccccc1C=C1N=C(c2ccc(Cl)c([N+](=O)[O-])c2)OC1=O. The van der Waals surface area contributed by atoms with E-state index >= 15 is 0 Å². The van der Waals surface area contributed by atoms with Gasteiger partial charge in [-0.25, -0.2) is 9.79 Å². The molecule has 1 aliphatic rings. The lowest BCUT2D eigenvalue weighted by Crippen LogP contribution is -2.06. The Morgan fingerprint density at radius 1 is 1.31 bits per heavy atom. The second kappa shape index (κ2) is 7.37. The molecule has 0 fully saturated rings. The summed E-state index contributed by atoms with van der Waals surface area (Å²) in [7, 11) is 0. The summed E-state index contributed by atoms with van der Waals surface area (Å²) in [5.74, 6) is -0.0557. The summed E-state index contributed by atoms with van der Waals surface area (Å²) in [5, 5.41) is 11.0. The summed E-state index contributed by atoms with van der Waals surface area (Å²) in [6.07, 6.45) is 1.55. The van der Waals surface area contributed by atoms with Gasteiger partial charge in [-0.05, 0) is 31.2 Å². The van der Waals surface area contributed by atoms with Crippen molar-refractivity contribution in [2.24, 2.45) is 4.99 Å². The maximum Gasteiger partial charge on any atom is 0.363 e. The fraction of sp³-hybridized carbons (Fsp3) is 0.111. The highest BCUT2D eigenvalue weighted by molar-refractivity contribution is 6.32. The zero-order valence-electron chi connectivity index (χ0n) is 13.6. The molecule has 132 valence electrons. The molecular formula is C18H13ClN2O5. The number of benzene rings is 2. The number of esters is 1. The van der Waals surface area contributed by atoms with E-state index in [1.54, 1.807) is 18.2 Å². The molecule has 7 nitrogen and oxygen atoms in total. The molecule has 0 unspecified atom stereocenters. The van der Waals surface area contributed by atoms with Gasteiger partial charge in [0.2, 0.25) is 5.90 Å². The first-order valence-corrected chi connectivity index (χ1v) is 8.06. The van der Waals surface area contributed by atoms with E-state index in [1.807, 2.05) is 19.1 Å². The number of nitro benzene ring substituents is 1. The number of halogens is 1. The zero-order valence-corrected chi connectivity index (χ0v) is 14.4. The number of hydrogen-bond donors (Lipinski definition) is 0. The Balaban J connectivity index is 1.98. The van der Waals surface area contributed by atoms with Crippen molar-refractivity contribution in [3.8, 4) is 5.75 Å². The van der Waals surface area contributed by atoms with Gasteiger partial charge >= 0.3 is 5.97 Å². The third-order valence-corrected chi connectivity index (χ3v) is 3.84. The molecule has 0 saturated carbocycles. The Labute approximate surface area is 153 Å². The summed E-state index contributed by atoms with van der Waals surface area (Å²) in [6.45, 7) is 2.34. The number of nitro groups is 1. The van der Waals surface area contributed by atoms with Crippen LogP contribution in [0, 0.1) is 10.1 Å². The molecule has 8 heteroatoms. The van der Waals surface area contributed by atoms with Crippen LogP contribution in [0.25, 0.3) is 6.08 Å². The Hall–Kier alpha value is -3.19. The molecule has 0 amide bonds. The summed E-state index contributed by atoms with van der Waals surface area (Å²) < 4.78 is 10.7. The van der Waals surface area contributed by atoms with Crippen molar-refractivity contribution in [1.29, 1.82) is 0 Å². The van der Waals surface area contributed by atoms with Gasteiger partial charge in [0, 0.05) is 17.2 Å². The molecule has 26 heavy (non-hydrogen) atoms. The molecule has 1 heterocycles. The summed E-state index contributed by atoms with van der Waals surface area (Å²) in [4.78, 5) is 26.7. The maximum atomic E-state index is 12.1. The van der Waals surface area contributed by atoms with Gasteiger partial charge in [-0.1, -0.05) is 29.8 Å². The second-order valence-corrected chi connectivity index (χ2v) is 5.64. The molecule has 0 spiro atoms. The molecule has 3 rings (SSSR count). The standard InChI is InChI=1S/C18H13ClN2O5/c1-2-25-16-6-4-3-5-11(16)9-14-18(22)26-17(20-14)12-7-8-13(19)15(10-12)21(23)24/h3-10H,2H2,1H3. The van der Waals surface area contributed by atoms with Crippen LogP contribution in [0.3, 0.4) is 0 Å². The molecular weight excluding hydrogens is 360 g/mol. The normalized spacial score (nSPS) is 14.9. The predicted molar refractivity (Wildman–Crippen MR) is 96.3 cm³/mol. The summed E-state index contributed by atoms with van der Waals surface area (Å²) in [5.41, 5.74) is 0.746. The van der Waals surface area contributed by atoms with Crippen molar-refractivity contribution < 1.29 is 19.2 Å². The van der Waals surface area contributed by atoms with Crippen molar-refractivity contribution in [3.63, 3.8) is 0 Å². The fourth-order valence-corrected chi connectivity index (χ4v) is 2.54. The number of hydrogen-bond acceptors (Lipinski definition) is 6. The zero-order chi connectivity index (χ0) is 18.7. The third kappa shape index (κ3) is 3.57. The quantitative estimate of drug-likeness (QED) is 0.342. The topological polar surface area (TPSA) is 91.0 Å². The first kappa shape index (κ1) is 17.6. The van der Waals surface area contributed by atoms with Gasteiger partial charge in [-0.15, -0.1) is 0 Å². The van der Waals surface area contributed by atoms with Gasteiger partial charge in [0.1, 0.15) is 10.8 Å². The number of carbonyl (C=O) groups excluding carboxylic acids is 1. The first-order chi connectivity index (χ1) is 12.5. The minimum absolute atomic E-state index is 0.00918. The van der Waals surface area contributed by atoms with E-state index in [1.165, 1.54) is 18.2 Å². The molecule has 0 aromatic heterocycles. The highest BCUT2D eigenvalue weighted by Crippen LogP contribution is 2.28. The highest BCUT2D eigenvalue weighted by Gasteiger charge is 2.26. The van der Waals surface area contributed by atoms with E-state index < -0.39 is 10.9 Å². The van der Waals surface area contributed by atoms with E-state index in [4.69, 9.17) is 21.1 Å². The van der Waals surface area contributed by atoms with E-state index in [9.17, 15) is 14.9 Å². The van der Waals surface area contributed by atoms with Crippen molar-refractivity contribution in [1.82, 2.24) is 0 Å². The van der Waals surface area contributed by atoms with Crippen LogP contribution in [-0.2, 0) is 9.53 Å². The minimum atomic E-state index is -0.649. The number of carbonyl (C=O) groups is 1. The number of ether oxygens (including phenoxy) is 2. The summed E-state index contributed by atoms with van der Waals surface area (Å²) >= 11 is 5.80. The smallest absolute Gasteiger partial charge is 0.363 e. The first-order valence-electron chi connectivity index (χ1n) is 7.68. The predicted octanol–water partition coefficient (Wildman–Crippen LogP) is 3.99. The van der Waals surface area contributed by atoms with Gasteiger partial charge in [0.15, 0.2) is 5.70 Å². The third-order valence-electron chi connectivity index (χ3n) is 3.52. The molecule has 0 bridgehead atoms. The summed E-state index contributed by atoms with van der Waals surface area (Å²) in [6, 6.07) is 11.3. The van der Waals surface area contributed by atoms with Crippen molar-refractivity contribution >= 4 is 35.2 Å².